The zero-order valence-corrected chi connectivity index (χ0v) is 26.9. The SMILES string of the molecule is COc1cccc(N(CC(=O)N(Cc2ccc(Cl)c(Cl)c2)[C@@H](C)C(=O)NC2CCCCC2)S(=O)(=O)c2ccc(C)cc2)c1. The van der Waals surface area contributed by atoms with E-state index in [0.29, 0.717) is 21.4 Å². The monoisotopic (exact) mass is 645 g/mol. The van der Waals surface area contributed by atoms with Crippen molar-refractivity contribution in [3.63, 3.8) is 0 Å². The number of carbonyl (C=O) groups is 2. The lowest BCUT2D eigenvalue weighted by atomic mass is 9.95. The maximum Gasteiger partial charge on any atom is 0.264 e. The third-order valence-electron chi connectivity index (χ3n) is 7.68. The van der Waals surface area contributed by atoms with Crippen LogP contribution in [-0.2, 0) is 26.2 Å². The van der Waals surface area contributed by atoms with Crippen molar-refractivity contribution in [3.05, 3.63) is 87.9 Å². The highest BCUT2D eigenvalue weighted by atomic mass is 35.5. The number of anilines is 1. The van der Waals surface area contributed by atoms with Gasteiger partial charge in [0, 0.05) is 18.7 Å². The Hall–Kier alpha value is -3.27. The number of nitrogens with one attached hydrogen (secondary N) is 1. The maximum absolute atomic E-state index is 14.2. The van der Waals surface area contributed by atoms with Gasteiger partial charge >= 0.3 is 0 Å². The Balaban J connectivity index is 1.70. The van der Waals surface area contributed by atoms with Crippen LogP contribution in [0.2, 0.25) is 10.0 Å². The highest BCUT2D eigenvalue weighted by Crippen LogP contribution is 2.29. The number of nitrogens with zero attached hydrogens (tertiary/aromatic N) is 2. The summed E-state index contributed by atoms with van der Waals surface area (Å²) < 4.78 is 34.4. The minimum absolute atomic E-state index is 0.0194. The molecular weight excluding hydrogens is 609 g/mol. The first-order valence-electron chi connectivity index (χ1n) is 14.3. The van der Waals surface area contributed by atoms with Gasteiger partial charge in [-0.1, -0.05) is 72.3 Å². The van der Waals surface area contributed by atoms with Gasteiger partial charge in [0.15, 0.2) is 0 Å². The van der Waals surface area contributed by atoms with Gasteiger partial charge in [-0.3, -0.25) is 13.9 Å². The minimum Gasteiger partial charge on any atom is -0.497 e. The van der Waals surface area contributed by atoms with Crippen LogP contribution in [0, 0.1) is 6.92 Å². The van der Waals surface area contributed by atoms with Crippen LogP contribution in [-0.4, -0.2) is 50.9 Å². The van der Waals surface area contributed by atoms with Crippen molar-refractivity contribution < 1.29 is 22.7 Å². The summed E-state index contributed by atoms with van der Waals surface area (Å²) in [6.07, 6.45) is 4.99. The molecule has 11 heteroatoms. The summed E-state index contributed by atoms with van der Waals surface area (Å²) in [4.78, 5) is 29.0. The third kappa shape index (κ3) is 8.22. The fourth-order valence-electron chi connectivity index (χ4n) is 5.12. The summed E-state index contributed by atoms with van der Waals surface area (Å²) in [6.45, 7) is 2.98. The molecule has 8 nitrogen and oxygen atoms in total. The van der Waals surface area contributed by atoms with Gasteiger partial charge in [-0.25, -0.2) is 8.42 Å². The predicted molar refractivity (Wildman–Crippen MR) is 170 cm³/mol. The zero-order valence-electron chi connectivity index (χ0n) is 24.6. The number of sulfonamides is 1. The summed E-state index contributed by atoms with van der Waals surface area (Å²) in [5.41, 5.74) is 1.80. The lowest BCUT2D eigenvalue weighted by Crippen LogP contribution is -2.53. The Morgan fingerprint density at radius 1 is 0.977 bits per heavy atom. The summed E-state index contributed by atoms with van der Waals surface area (Å²) in [5, 5.41) is 3.77. The molecule has 0 bridgehead atoms. The maximum atomic E-state index is 14.2. The molecule has 230 valence electrons. The van der Waals surface area contributed by atoms with E-state index in [1.54, 1.807) is 61.5 Å². The quantitative estimate of drug-likeness (QED) is 0.261. The van der Waals surface area contributed by atoms with Crippen LogP contribution in [0.5, 0.6) is 5.75 Å². The summed E-state index contributed by atoms with van der Waals surface area (Å²) >= 11 is 12.4. The number of hydrogen-bond acceptors (Lipinski definition) is 5. The van der Waals surface area contributed by atoms with Crippen LogP contribution in [0.25, 0.3) is 0 Å². The number of aryl methyl sites for hydroxylation is 1. The fraction of sp³-hybridized carbons (Fsp3) is 0.375. The van der Waals surface area contributed by atoms with Crippen LogP contribution in [0.3, 0.4) is 0 Å². The Morgan fingerprint density at radius 3 is 2.33 bits per heavy atom. The first kappa shape index (κ1) is 32.6. The zero-order chi connectivity index (χ0) is 31.1. The van der Waals surface area contributed by atoms with E-state index in [-0.39, 0.29) is 29.1 Å². The first-order valence-corrected chi connectivity index (χ1v) is 16.5. The van der Waals surface area contributed by atoms with E-state index in [9.17, 15) is 18.0 Å². The summed E-state index contributed by atoms with van der Waals surface area (Å²) in [7, 11) is -2.71. The molecule has 1 aliphatic rings. The normalized spacial score (nSPS) is 14.5. The van der Waals surface area contributed by atoms with Crippen molar-refractivity contribution in [2.45, 2.75) is 69.5 Å². The molecule has 4 rings (SSSR count). The van der Waals surface area contributed by atoms with E-state index >= 15 is 0 Å². The molecule has 1 atom stereocenters. The molecule has 0 aliphatic heterocycles. The van der Waals surface area contributed by atoms with E-state index in [4.69, 9.17) is 27.9 Å². The van der Waals surface area contributed by atoms with E-state index < -0.39 is 28.5 Å². The van der Waals surface area contributed by atoms with Gasteiger partial charge in [0.2, 0.25) is 11.8 Å². The molecule has 0 aromatic heterocycles. The Bertz CT molecular complexity index is 1540. The fourth-order valence-corrected chi connectivity index (χ4v) is 6.84. The number of benzene rings is 3. The number of halogens is 2. The van der Waals surface area contributed by atoms with Crippen LogP contribution in [0.1, 0.15) is 50.2 Å². The molecule has 1 saturated carbocycles. The van der Waals surface area contributed by atoms with Crippen molar-refractivity contribution in [1.29, 1.82) is 0 Å². The molecule has 0 spiro atoms. The van der Waals surface area contributed by atoms with E-state index in [1.807, 2.05) is 6.92 Å². The Labute approximate surface area is 264 Å². The molecule has 0 unspecified atom stereocenters. The summed E-state index contributed by atoms with van der Waals surface area (Å²) in [5.74, 6) is -0.424. The van der Waals surface area contributed by atoms with Crippen molar-refractivity contribution >= 4 is 50.7 Å². The molecule has 1 fully saturated rings. The number of rotatable bonds is 11. The van der Waals surface area contributed by atoms with Crippen LogP contribution in [0.15, 0.2) is 71.6 Å². The molecule has 3 aromatic rings. The second kappa shape index (κ2) is 14.5. The Kier molecular flexibility index (Phi) is 11.0. The molecule has 0 heterocycles. The van der Waals surface area contributed by atoms with Crippen molar-refractivity contribution in [3.8, 4) is 5.75 Å². The van der Waals surface area contributed by atoms with Crippen LogP contribution in [0.4, 0.5) is 5.69 Å². The topological polar surface area (TPSA) is 96.0 Å². The molecular formula is C32H37Cl2N3O5S. The lowest BCUT2D eigenvalue weighted by Gasteiger charge is -2.33. The molecule has 43 heavy (non-hydrogen) atoms. The molecule has 3 aromatic carbocycles. The molecule has 1 aliphatic carbocycles. The number of carbonyl (C=O) groups excluding carboxylic acids is 2. The number of methoxy groups -OCH3 is 1. The van der Waals surface area contributed by atoms with E-state index in [0.717, 1.165) is 42.0 Å². The highest BCUT2D eigenvalue weighted by Gasteiger charge is 2.33. The number of amides is 2. The van der Waals surface area contributed by atoms with Gasteiger partial charge in [-0.05, 0) is 68.7 Å². The van der Waals surface area contributed by atoms with E-state index in [1.165, 1.54) is 24.1 Å². The number of hydrogen-bond donors (Lipinski definition) is 1. The van der Waals surface area contributed by atoms with Crippen molar-refractivity contribution in [1.82, 2.24) is 10.2 Å². The van der Waals surface area contributed by atoms with Gasteiger partial charge in [-0.15, -0.1) is 0 Å². The van der Waals surface area contributed by atoms with Crippen LogP contribution >= 0.6 is 23.2 Å². The van der Waals surface area contributed by atoms with Crippen LogP contribution < -0.4 is 14.4 Å². The molecule has 1 N–H and O–H groups in total. The Morgan fingerprint density at radius 2 is 1.67 bits per heavy atom. The second-order valence-electron chi connectivity index (χ2n) is 10.8. The molecule has 2 amide bonds. The highest BCUT2D eigenvalue weighted by molar-refractivity contribution is 7.92. The summed E-state index contributed by atoms with van der Waals surface area (Å²) in [6, 6.07) is 17.1. The number of ether oxygens (including phenoxy) is 1. The third-order valence-corrected chi connectivity index (χ3v) is 10.2. The lowest BCUT2D eigenvalue weighted by molar-refractivity contribution is -0.139. The molecule has 0 saturated heterocycles. The molecule has 0 radical (unpaired) electrons. The van der Waals surface area contributed by atoms with Gasteiger partial charge in [0.05, 0.1) is 27.7 Å². The minimum atomic E-state index is -4.19. The largest absolute Gasteiger partial charge is 0.497 e. The smallest absolute Gasteiger partial charge is 0.264 e. The van der Waals surface area contributed by atoms with Crippen molar-refractivity contribution in [2.75, 3.05) is 18.0 Å². The average Bonchev–Trinajstić information content (AvgIpc) is 3.00. The van der Waals surface area contributed by atoms with Gasteiger partial charge < -0.3 is 15.0 Å². The van der Waals surface area contributed by atoms with Gasteiger partial charge in [0.25, 0.3) is 10.0 Å². The standard InChI is InChI=1S/C32H37Cl2N3O5S/c1-22-12-15-28(16-13-22)43(40,41)37(26-10-7-11-27(19-26)42-3)21-31(38)36(20-24-14-17-29(33)30(34)18-24)23(2)32(39)35-25-8-5-4-6-9-25/h7,10-19,23,25H,4-6,8-9,20-21H2,1-3H3,(H,35,39)/t23-/m0/s1. The first-order chi connectivity index (χ1) is 20.5. The average molecular weight is 647 g/mol. The van der Waals surface area contributed by atoms with Crippen molar-refractivity contribution in [2.24, 2.45) is 0 Å². The van der Waals surface area contributed by atoms with Gasteiger partial charge in [0.1, 0.15) is 18.3 Å². The second-order valence-corrected chi connectivity index (χ2v) is 13.5. The van der Waals surface area contributed by atoms with Gasteiger partial charge in [-0.2, -0.15) is 0 Å². The van der Waals surface area contributed by atoms with E-state index in [2.05, 4.69) is 5.32 Å². The predicted octanol–water partition coefficient (Wildman–Crippen LogP) is 6.37.